The first-order chi connectivity index (χ1) is 9.36. The lowest BCUT2D eigenvalue weighted by Crippen LogP contribution is -2.44. The smallest absolute Gasteiger partial charge is 0.247 e. The summed E-state index contributed by atoms with van der Waals surface area (Å²) in [7, 11) is -2.03. The van der Waals surface area contributed by atoms with Crippen LogP contribution in [0.1, 0.15) is 26.7 Å². The Kier molecular flexibility index (Phi) is 4.76. The van der Waals surface area contributed by atoms with Crippen molar-refractivity contribution < 1.29 is 13.2 Å². The van der Waals surface area contributed by atoms with Crippen molar-refractivity contribution in [3.8, 4) is 5.75 Å². The predicted molar refractivity (Wildman–Crippen MR) is 82.4 cm³/mol. The summed E-state index contributed by atoms with van der Waals surface area (Å²) in [6, 6.07) is 5.08. The highest BCUT2D eigenvalue weighted by Crippen LogP contribution is 2.33. The van der Waals surface area contributed by atoms with Gasteiger partial charge in [-0.3, -0.25) is 0 Å². The molecule has 0 aliphatic carbocycles. The minimum absolute atomic E-state index is 0.0208. The van der Waals surface area contributed by atoms with Gasteiger partial charge in [0.2, 0.25) is 10.0 Å². The molecule has 1 aromatic carbocycles. The first kappa shape index (κ1) is 15.8. The van der Waals surface area contributed by atoms with Crippen LogP contribution in [0.4, 0.5) is 0 Å². The maximum absolute atomic E-state index is 12.9. The number of halogens is 1. The Morgan fingerprint density at radius 2 is 2.05 bits per heavy atom. The van der Waals surface area contributed by atoms with Crippen LogP contribution < -0.4 is 4.74 Å². The van der Waals surface area contributed by atoms with Crippen LogP contribution in [0, 0.1) is 5.92 Å². The lowest BCUT2D eigenvalue weighted by Gasteiger charge is -2.35. The molecule has 112 valence electrons. The molecule has 1 aliphatic heterocycles. The number of piperidine rings is 1. The molecule has 1 aliphatic rings. The van der Waals surface area contributed by atoms with E-state index in [4.69, 9.17) is 4.74 Å². The Hall–Kier alpha value is -0.590. The summed E-state index contributed by atoms with van der Waals surface area (Å²) in [4.78, 5) is 0.232. The first-order valence-electron chi connectivity index (χ1n) is 6.71. The molecule has 0 N–H and O–H groups in total. The SMILES string of the molecule is COc1ccc(Br)cc1S(=O)(=O)N1CCC(C)CC1C. The zero-order chi connectivity index (χ0) is 14.9. The molecule has 0 aromatic heterocycles. The molecule has 0 amide bonds. The van der Waals surface area contributed by atoms with E-state index in [-0.39, 0.29) is 10.9 Å². The summed E-state index contributed by atoms with van der Waals surface area (Å²) in [5, 5.41) is 0. The van der Waals surface area contributed by atoms with Crippen molar-refractivity contribution in [2.75, 3.05) is 13.7 Å². The fourth-order valence-corrected chi connectivity index (χ4v) is 5.07. The van der Waals surface area contributed by atoms with E-state index in [9.17, 15) is 8.42 Å². The van der Waals surface area contributed by atoms with Crippen LogP contribution >= 0.6 is 15.9 Å². The van der Waals surface area contributed by atoms with Crippen LogP contribution in [0.25, 0.3) is 0 Å². The number of sulfonamides is 1. The van der Waals surface area contributed by atoms with Gasteiger partial charge in [-0.2, -0.15) is 4.31 Å². The van der Waals surface area contributed by atoms with Crippen LogP contribution in [0.2, 0.25) is 0 Å². The lowest BCUT2D eigenvalue weighted by atomic mass is 9.95. The van der Waals surface area contributed by atoms with Gasteiger partial charge in [0.25, 0.3) is 0 Å². The fraction of sp³-hybridized carbons (Fsp3) is 0.571. The molecule has 0 bridgehead atoms. The lowest BCUT2D eigenvalue weighted by molar-refractivity contribution is 0.219. The standard InChI is InChI=1S/C14H20BrNO3S/c1-10-6-7-16(11(2)8-10)20(17,18)14-9-12(15)4-5-13(14)19-3/h4-5,9-11H,6-8H2,1-3H3. The maximum Gasteiger partial charge on any atom is 0.247 e. The Labute approximate surface area is 129 Å². The molecule has 2 atom stereocenters. The van der Waals surface area contributed by atoms with E-state index in [0.717, 1.165) is 17.3 Å². The third-order valence-corrected chi connectivity index (χ3v) is 6.32. The largest absolute Gasteiger partial charge is 0.495 e. The number of nitrogens with zero attached hydrogens (tertiary/aromatic N) is 1. The number of methoxy groups -OCH3 is 1. The van der Waals surface area contributed by atoms with Gasteiger partial charge in [0, 0.05) is 17.1 Å². The zero-order valence-corrected chi connectivity index (χ0v) is 14.4. The van der Waals surface area contributed by atoms with Gasteiger partial charge in [-0.05, 0) is 43.9 Å². The van der Waals surface area contributed by atoms with Crippen LogP contribution in [-0.4, -0.2) is 32.4 Å². The molecule has 1 heterocycles. The quantitative estimate of drug-likeness (QED) is 0.829. The second-order valence-electron chi connectivity index (χ2n) is 5.39. The topological polar surface area (TPSA) is 46.6 Å². The number of hydrogen-bond acceptors (Lipinski definition) is 3. The summed E-state index contributed by atoms with van der Waals surface area (Å²) in [6.07, 6.45) is 1.80. The van der Waals surface area contributed by atoms with Crippen LogP contribution in [0.5, 0.6) is 5.75 Å². The van der Waals surface area contributed by atoms with Crippen molar-refractivity contribution in [3.05, 3.63) is 22.7 Å². The van der Waals surface area contributed by atoms with Crippen LogP contribution in [0.3, 0.4) is 0 Å². The average Bonchev–Trinajstić information content (AvgIpc) is 2.38. The minimum Gasteiger partial charge on any atom is -0.495 e. The Morgan fingerprint density at radius 1 is 1.35 bits per heavy atom. The zero-order valence-electron chi connectivity index (χ0n) is 12.0. The highest BCUT2D eigenvalue weighted by Gasteiger charge is 2.34. The molecular weight excluding hydrogens is 342 g/mol. The normalized spacial score (nSPS) is 24.6. The van der Waals surface area contributed by atoms with E-state index >= 15 is 0 Å². The van der Waals surface area contributed by atoms with Gasteiger partial charge in [0.15, 0.2) is 0 Å². The predicted octanol–water partition coefficient (Wildman–Crippen LogP) is 3.27. The summed E-state index contributed by atoms with van der Waals surface area (Å²) >= 11 is 3.33. The van der Waals surface area contributed by atoms with E-state index in [0.29, 0.717) is 18.2 Å². The molecule has 0 radical (unpaired) electrons. The molecule has 1 fully saturated rings. The molecule has 2 unspecified atom stereocenters. The van der Waals surface area contributed by atoms with Gasteiger partial charge in [-0.25, -0.2) is 8.42 Å². The van der Waals surface area contributed by atoms with Gasteiger partial charge < -0.3 is 4.74 Å². The highest BCUT2D eigenvalue weighted by atomic mass is 79.9. The molecule has 2 rings (SSSR count). The molecule has 1 aromatic rings. The van der Waals surface area contributed by atoms with Crippen molar-refractivity contribution in [3.63, 3.8) is 0 Å². The summed E-state index contributed by atoms with van der Waals surface area (Å²) in [6.45, 7) is 4.71. The van der Waals surface area contributed by atoms with Gasteiger partial charge >= 0.3 is 0 Å². The van der Waals surface area contributed by atoms with Crippen molar-refractivity contribution >= 4 is 26.0 Å². The van der Waals surface area contributed by atoms with Crippen molar-refractivity contribution in [1.29, 1.82) is 0 Å². The highest BCUT2D eigenvalue weighted by molar-refractivity contribution is 9.10. The minimum atomic E-state index is -3.52. The summed E-state index contributed by atoms with van der Waals surface area (Å²) in [5.41, 5.74) is 0. The van der Waals surface area contributed by atoms with Gasteiger partial charge in [0.1, 0.15) is 10.6 Å². The van der Waals surface area contributed by atoms with Crippen LogP contribution in [-0.2, 0) is 10.0 Å². The summed E-state index contributed by atoms with van der Waals surface area (Å²) in [5.74, 6) is 0.958. The van der Waals surface area contributed by atoms with E-state index in [1.165, 1.54) is 7.11 Å². The van der Waals surface area contributed by atoms with Gasteiger partial charge in [0.05, 0.1) is 7.11 Å². The number of benzene rings is 1. The van der Waals surface area contributed by atoms with Crippen LogP contribution in [0.15, 0.2) is 27.6 Å². The van der Waals surface area contributed by atoms with E-state index < -0.39 is 10.0 Å². The van der Waals surface area contributed by atoms with Crippen molar-refractivity contribution in [2.45, 2.75) is 37.6 Å². The van der Waals surface area contributed by atoms with Crippen molar-refractivity contribution in [1.82, 2.24) is 4.31 Å². The second-order valence-corrected chi connectivity index (χ2v) is 8.16. The number of ether oxygens (including phenoxy) is 1. The molecule has 0 spiro atoms. The van der Waals surface area contributed by atoms with Gasteiger partial charge in [-0.1, -0.05) is 22.9 Å². The maximum atomic E-state index is 12.9. The van der Waals surface area contributed by atoms with Gasteiger partial charge in [-0.15, -0.1) is 0 Å². The Bertz CT molecular complexity index is 588. The molecular formula is C14H20BrNO3S. The van der Waals surface area contributed by atoms with E-state index in [1.807, 2.05) is 6.92 Å². The first-order valence-corrected chi connectivity index (χ1v) is 8.95. The molecule has 4 nitrogen and oxygen atoms in total. The molecule has 0 saturated carbocycles. The Morgan fingerprint density at radius 3 is 2.65 bits per heavy atom. The average molecular weight is 362 g/mol. The summed E-state index contributed by atoms with van der Waals surface area (Å²) < 4.78 is 33.3. The monoisotopic (exact) mass is 361 g/mol. The molecule has 6 heteroatoms. The third-order valence-electron chi connectivity index (χ3n) is 3.79. The van der Waals surface area contributed by atoms with E-state index in [1.54, 1.807) is 22.5 Å². The molecule has 20 heavy (non-hydrogen) atoms. The Balaban J connectivity index is 2.42. The fourth-order valence-electron chi connectivity index (χ4n) is 2.72. The van der Waals surface area contributed by atoms with Crippen molar-refractivity contribution in [2.24, 2.45) is 5.92 Å². The second kappa shape index (κ2) is 6.03. The third kappa shape index (κ3) is 3.02. The number of rotatable bonds is 3. The molecule has 1 saturated heterocycles. The number of hydrogen-bond donors (Lipinski definition) is 0. The van der Waals surface area contributed by atoms with E-state index in [2.05, 4.69) is 22.9 Å².